The first kappa shape index (κ1) is 18.4. The van der Waals surface area contributed by atoms with Crippen molar-refractivity contribution in [3.63, 3.8) is 0 Å². The number of ether oxygens (including phenoxy) is 1. The van der Waals surface area contributed by atoms with Crippen molar-refractivity contribution in [1.82, 2.24) is 15.1 Å². The number of likely N-dealkylation sites (tertiary alicyclic amines) is 1. The van der Waals surface area contributed by atoms with Crippen LogP contribution in [0.3, 0.4) is 0 Å². The van der Waals surface area contributed by atoms with Crippen LogP contribution in [-0.4, -0.2) is 35.3 Å². The van der Waals surface area contributed by atoms with E-state index in [0.717, 1.165) is 35.1 Å². The Morgan fingerprint density at radius 1 is 0.857 bits per heavy atom. The molecule has 0 spiro atoms. The van der Waals surface area contributed by atoms with E-state index in [1.807, 2.05) is 36.4 Å². The van der Waals surface area contributed by atoms with Gasteiger partial charge in [-0.3, -0.25) is 4.90 Å². The van der Waals surface area contributed by atoms with Crippen LogP contribution >= 0.6 is 0 Å². The lowest BCUT2D eigenvalue weighted by Crippen LogP contribution is -2.29. The first-order valence-corrected chi connectivity index (χ1v) is 9.87. The van der Waals surface area contributed by atoms with Gasteiger partial charge in [-0.2, -0.15) is 0 Å². The number of nitrogens with one attached hydrogen (secondary N) is 1. The van der Waals surface area contributed by atoms with Crippen molar-refractivity contribution >= 4 is 11.5 Å². The van der Waals surface area contributed by atoms with Gasteiger partial charge >= 0.3 is 0 Å². The number of piperidine rings is 1. The van der Waals surface area contributed by atoms with E-state index in [9.17, 15) is 0 Å². The lowest BCUT2D eigenvalue weighted by Gasteiger charge is -2.26. The normalized spacial score (nSPS) is 14.6. The van der Waals surface area contributed by atoms with Crippen molar-refractivity contribution in [3.8, 4) is 17.0 Å². The van der Waals surface area contributed by atoms with E-state index in [2.05, 4.69) is 44.7 Å². The Morgan fingerprint density at radius 3 is 2.25 bits per heavy atom. The summed E-state index contributed by atoms with van der Waals surface area (Å²) in [6.07, 6.45) is 4.02. The summed E-state index contributed by atoms with van der Waals surface area (Å²) in [5, 5.41) is 12.0. The highest BCUT2D eigenvalue weighted by Crippen LogP contribution is 2.22. The molecule has 1 N–H and O–H groups in total. The zero-order valence-corrected chi connectivity index (χ0v) is 16.3. The highest BCUT2D eigenvalue weighted by Gasteiger charge is 2.10. The smallest absolute Gasteiger partial charge is 0.153 e. The maximum atomic E-state index is 5.19. The average molecular weight is 374 g/mol. The molecule has 5 heteroatoms. The third-order valence-electron chi connectivity index (χ3n) is 5.13. The molecule has 0 saturated carbocycles. The fraction of sp³-hybridized carbons (Fsp3) is 0.304. The number of anilines is 2. The first-order chi connectivity index (χ1) is 13.8. The van der Waals surface area contributed by atoms with E-state index in [-0.39, 0.29) is 0 Å². The van der Waals surface area contributed by atoms with E-state index in [1.165, 1.54) is 37.9 Å². The molecule has 4 rings (SSSR count). The minimum Gasteiger partial charge on any atom is -0.497 e. The molecule has 1 aliphatic heterocycles. The summed E-state index contributed by atoms with van der Waals surface area (Å²) in [5.74, 6) is 1.57. The van der Waals surface area contributed by atoms with Gasteiger partial charge in [0.1, 0.15) is 5.75 Å². The van der Waals surface area contributed by atoms with Gasteiger partial charge in [0, 0.05) is 17.8 Å². The minimum atomic E-state index is 0.737. The number of hydrogen-bond acceptors (Lipinski definition) is 5. The monoisotopic (exact) mass is 374 g/mol. The van der Waals surface area contributed by atoms with E-state index >= 15 is 0 Å². The minimum absolute atomic E-state index is 0.737. The largest absolute Gasteiger partial charge is 0.497 e. The van der Waals surface area contributed by atoms with E-state index in [1.54, 1.807) is 7.11 Å². The van der Waals surface area contributed by atoms with Crippen LogP contribution in [0.15, 0.2) is 60.7 Å². The molecule has 0 radical (unpaired) electrons. The van der Waals surface area contributed by atoms with Gasteiger partial charge in [-0.15, -0.1) is 10.2 Å². The maximum absolute atomic E-state index is 5.19. The average Bonchev–Trinajstić information content (AvgIpc) is 2.76. The summed E-state index contributed by atoms with van der Waals surface area (Å²) in [6.45, 7) is 3.48. The predicted octanol–water partition coefficient (Wildman–Crippen LogP) is 4.88. The molecule has 1 aromatic heterocycles. The summed E-state index contributed by atoms with van der Waals surface area (Å²) < 4.78 is 5.19. The van der Waals surface area contributed by atoms with Crippen LogP contribution in [0.25, 0.3) is 11.3 Å². The molecular formula is C23H26N4O. The Balaban J connectivity index is 1.37. The van der Waals surface area contributed by atoms with E-state index in [0.29, 0.717) is 0 Å². The van der Waals surface area contributed by atoms with Gasteiger partial charge in [0.15, 0.2) is 5.82 Å². The number of aromatic nitrogens is 2. The molecule has 1 saturated heterocycles. The molecule has 2 heterocycles. The van der Waals surface area contributed by atoms with Crippen molar-refractivity contribution < 1.29 is 4.74 Å². The third-order valence-corrected chi connectivity index (χ3v) is 5.13. The molecule has 28 heavy (non-hydrogen) atoms. The van der Waals surface area contributed by atoms with Crippen molar-refractivity contribution in [2.24, 2.45) is 0 Å². The van der Waals surface area contributed by atoms with E-state index < -0.39 is 0 Å². The quantitative estimate of drug-likeness (QED) is 0.666. The lowest BCUT2D eigenvalue weighted by molar-refractivity contribution is 0.221. The highest BCUT2D eigenvalue weighted by atomic mass is 16.5. The number of rotatable bonds is 6. The van der Waals surface area contributed by atoms with Crippen LogP contribution in [0.1, 0.15) is 24.8 Å². The Bertz CT molecular complexity index is 870. The Kier molecular flexibility index (Phi) is 5.83. The van der Waals surface area contributed by atoms with Crippen LogP contribution in [0.4, 0.5) is 11.5 Å². The maximum Gasteiger partial charge on any atom is 0.153 e. The van der Waals surface area contributed by atoms with Gasteiger partial charge in [0.25, 0.3) is 0 Å². The molecule has 5 nitrogen and oxygen atoms in total. The van der Waals surface area contributed by atoms with Gasteiger partial charge < -0.3 is 10.1 Å². The molecular weight excluding hydrogens is 348 g/mol. The number of hydrogen-bond donors (Lipinski definition) is 1. The SMILES string of the molecule is COc1ccc(-c2ccc(Nc3ccc(CN4CCCCC4)cc3)nn2)cc1. The van der Waals surface area contributed by atoms with Crippen LogP contribution in [0, 0.1) is 0 Å². The second-order valence-electron chi connectivity index (χ2n) is 7.19. The van der Waals surface area contributed by atoms with Gasteiger partial charge in [-0.05, 0) is 80.0 Å². The van der Waals surface area contributed by atoms with Gasteiger partial charge in [-0.25, -0.2) is 0 Å². The molecule has 0 atom stereocenters. The second-order valence-corrected chi connectivity index (χ2v) is 7.19. The first-order valence-electron chi connectivity index (χ1n) is 9.87. The summed E-state index contributed by atoms with van der Waals surface area (Å²) in [7, 11) is 1.66. The Labute approximate surface area is 166 Å². The Hall–Kier alpha value is -2.92. The molecule has 2 aromatic carbocycles. The number of benzene rings is 2. The van der Waals surface area contributed by atoms with Crippen LogP contribution in [0.5, 0.6) is 5.75 Å². The molecule has 144 valence electrons. The fourth-order valence-electron chi connectivity index (χ4n) is 3.53. The van der Waals surface area contributed by atoms with Crippen molar-refractivity contribution in [3.05, 3.63) is 66.2 Å². The zero-order chi connectivity index (χ0) is 19.2. The van der Waals surface area contributed by atoms with E-state index in [4.69, 9.17) is 4.74 Å². The highest BCUT2D eigenvalue weighted by molar-refractivity contribution is 5.62. The fourth-order valence-corrected chi connectivity index (χ4v) is 3.53. The van der Waals surface area contributed by atoms with Crippen molar-refractivity contribution in [2.45, 2.75) is 25.8 Å². The zero-order valence-electron chi connectivity index (χ0n) is 16.3. The van der Waals surface area contributed by atoms with Crippen molar-refractivity contribution in [1.29, 1.82) is 0 Å². The van der Waals surface area contributed by atoms with Crippen LogP contribution < -0.4 is 10.1 Å². The molecule has 0 bridgehead atoms. The molecule has 0 aliphatic carbocycles. The summed E-state index contributed by atoms with van der Waals surface area (Å²) >= 11 is 0. The lowest BCUT2D eigenvalue weighted by atomic mass is 10.1. The third kappa shape index (κ3) is 4.67. The number of methoxy groups -OCH3 is 1. The van der Waals surface area contributed by atoms with Gasteiger partial charge in [0.2, 0.25) is 0 Å². The topological polar surface area (TPSA) is 50.3 Å². The van der Waals surface area contributed by atoms with Gasteiger partial charge in [0.05, 0.1) is 12.8 Å². The standard InChI is InChI=1S/C23H26N4O/c1-28-21-11-7-19(8-12-21)22-13-14-23(26-25-22)24-20-9-5-18(6-10-20)17-27-15-3-2-4-16-27/h5-14H,2-4,15-17H2,1H3,(H,24,26). The molecule has 3 aromatic rings. The van der Waals surface area contributed by atoms with Gasteiger partial charge in [-0.1, -0.05) is 18.6 Å². The molecule has 1 aliphatic rings. The second kappa shape index (κ2) is 8.85. The summed E-state index contributed by atoms with van der Waals surface area (Å²) in [5.41, 5.74) is 4.23. The van der Waals surface area contributed by atoms with Crippen LogP contribution in [0.2, 0.25) is 0 Å². The summed E-state index contributed by atoms with van der Waals surface area (Å²) in [4.78, 5) is 2.54. The molecule has 0 amide bonds. The van der Waals surface area contributed by atoms with Crippen LogP contribution in [-0.2, 0) is 6.54 Å². The summed E-state index contributed by atoms with van der Waals surface area (Å²) in [6, 6.07) is 20.3. The Morgan fingerprint density at radius 2 is 1.61 bits per heavy atom. The van der Waals surface area contributed by atoms with Crippen molar-refractivity contribution in [2.75, 3.05) is 25.5 Å². The predicted molar refractivity (Wildman–Crippen MR) is 113 cm³/mol. The molecule has 1 fully saturated rings. The number of nitrogens with zero attached hydrogens (tertiary/aromatic N) is 3. The molecule has 0 unspecified atom stereocenters.